The second kappa shape index (κ2) is 16.3. The number of hydrogen-bond acceptors (Lipinski definition) is 4. The van der Waals surface area contributed by atoms with Crippen LogP contribution in [0.2, 0.25) is 0 Å². The van der Waals surface area contributed by atoms with Crippen LogP contribution in [-0.2, 0) is 9.47 Å². The third kappa shape index (κ3) is 16.2. The van der Waals surface area contributed by atoms with Crippen molar-refractivity contribution in [2.45, 2.75) is 64.4 Å². The van der Waals surface area contributed by atoms with Crippen LogP contribution in [0.15, 0.2) is 0 Å². The van der Waals surface area contributed by atoms with Crippen molar-refractivity contribution in [3.05, 3.63) is 0 Å². The van der Waals surface area contributed by atoms with E-state index in [9.17, 15) is 0 Å². The van der Waals surface area contributed by atoms with Crippen molar-refractivity contribution in [2.75, 3.05) is 32.2 Å². The zero-order valence-corrected chi connectivity index (χ0v) is 13.4. The Hall–Kier alpha value is 0.230. The molecule has 0 amide bonds. The zero-order chi connectivity index (χ0) is 14.2. The first-order valence-corrected chi connectivity index (χ1v) is 8.35. The van der Waals surface area contributed by atoms with Gasteiger partial charge in [-0.1, -0.05) is 38.5 Å². The first kappa shape index (κ1) is 19.2. The molecule has 19 heavy (non-hydrogen) atoms. The van der Waals surface area contributed by atoms with Gasteiger partial charge in [0.15, 0.2) is 0 Å². The molecule has 0 aromatic rings. The number of aliphatic hydroxyl groups is 1. The number of ether oxygens (including phenoxy) is 2. The van der Waals surface area contributed by atoms with Gasteiger partial charge in [-0.3, -0.25) is 0 Å². The average molecular weight is 292 g/mol. The van der Waals surface area contributed by atoms with Crippen LogP contribution in [0.1, 0.15) is 58.3 Å². The van der Waals surface area contributed by atoms with E-state index in [0.717, 1.165) is 12.2 Å². The van der Waals surface area contributed by atoms with Gasteiger partial charge in [0.2, 0.25) is 0 Å². The number of aliphatic hydroxyl groups excluding tert-OH is 1. The van der Waals surface area contributed by atoms with E-state index in [-0.39, 0.29) is 6.61 Å². The van der Waals surface area contributed by atoms with Crippen LogP contribution in [0.4, 0.5) is 0 Å². The van der Waals surface area contributed by atoms with Crippen LogP contribution < -0.4 is 0 Å². The molecule has 1 unspecified atom stereocenters. The molecule has 0 bridgehead atoms. The molecule has 0 aliphatic rings. The highest BCUT2D eigenvalue weighted by atomic mass is 32.1. The van der Waals surface area contributed by atoms with Crippen molar-refractivity contribution in [3.63, 3.8) is 0 Å². The van der Waals surface area contributed by atoms with E-state index in [2.05, 4.69) is 19.6 Å². The van der Waals surface area contributed by atoms with Gasteiger partial charge >= 0.3 is 0 Å². The van der Waals surface area contributed by atoms with Gasteiger partial charge in [-0.05, 0) is 25.5 Å². The standard InChI is InChI=1S/C15H32O3S/c1-15(18-13-12-17-11-10-16)9-7-5-3-2-4-6-8-14-19/h15-16,19H,2-14H2,1H3. The monoisotopic (exact) mass is 292 g/mol. The smallest absolute Gasteiger partial charge is 0.0704 e. The summed E-state index contributed by atoms with van der Waals surface area (Å²) in [4.78, 5) is 0. The Morgan fingerprint density at radius 2 is 1.53 bits per heavy atom. The molecule has 0 fully saturated rings. The number of rotatable bonds is 15. The molecule has 0 spiro atoms. The molecule has 0 radical (unpaired) electrons. The van der Waals surface area contributed by atoms with Crippen molar-refractivity contribution in [1.82, 2.24) is 0 Å². The predicted molar refractivity (Wildman–Crippen MR) is 84.1 cm³/mol. The highest BCUT2D eigenvalue weighted by Gasteiger charge is 2.01. The maximum Gasteiger partial charge on any atom is 0.0704 e. The van der Waals surface area contributed by atoms with Crippen molar-refractivity contribution < 1.29 is 14.6 Å². The van der Waals surface area contributed by atoms with Gasteiger partial charge in [0, 0.05) is 0 Å². The van der Waals surface area contributed by atoms with Crippen molar-refractivity contribution in [3.8, 4) is 0 Å². The van der Waals surface area contributed by atoms with Gasteiger partial charge in [0.1, 0.15) is 0 Å². The van der Waals surface area contributed by atoms with E-state index >= 15 is 0 Å². The summed E-state index contributed by atoms with van der Waals surface area (Å²) in [6.45, 7) is 3.83. The first-order chi connectivity index (χ1) is 9.31. The third-order valence-corrected chi connectivity index (χ3v) is 3.45. The van der Waals surface area contributed by atoms with Gasteiger partial charge < -0.3 is 14.6 Å². The van der Waals surface area contributed by atoms with Crippen LogP contribution >= 0.6 is 12.6 Å². The van der Waals surface area contributed by atoms with Gasteiger partial charge in [0.25, 0.3) is 0 Å². The second-order valence-corrected chi connectivity index (χ2v) is 5.45. The molecule has 0 saturated heterocycles. The summed E-state index contributed by atoms with van der Waals surface area (Å²) in [5.74, 6) is 1.02. The maximum absolute atomic E-state index is 8.54. The van der Waals surface area contributed by atoms with Crippen LogP contribution in [0.3, 0.4) is 0 Å². The minimum absolute atomic E-state index is 0.0869. The number of unbranched alkanes of at least 4 members (excludes halogenated alkanes) is 6. The quantitative estimate of drug-likeness (QED) is 0.359. The van der Waals surface area contributed by atoms with E-state index < -0.39 is 0 Å². The highest BCUT2D eigenvalue weighted by Crippen LogP contribution is 2.11. The van der Waals surface area contributed by atoms with Crippen molar-refractivity contribution in [2.24, 2.45) is 0 Å². The highest BCUT2D eigenvalue weighted by molar-refractivity contribution is 7.80. The van der Waals surface area contributed by atoms with Crippen LogP contribution in [0.5, 0.6) is 0 Å². The SMILES string of the molecule is CC(CCCCCCCCCS)OCCOCCO. The molecule has 4 heteroatoms. The molecule has 3 nitrogen and oxygen atoms in total. The molecular weight excluding hydrogens is 260 g/mol. The molecule has 0 aromatic heterocycles. The summed E-state index contributed by atoms with van der Waals surface area (Å²) in [7, 11) is 0. The zero-order valence-electron chi connectivity index (χ0n) is 12.5. The molecule has 0 heterocycles. The Morgan fingerprint density at radius 1 is 0.895 bits per heavy atom. The number of hydrogen-bond donors (Lipinski definition) is 2. The summed E-state index contributed by atoms with van der Waals surface area (Å²) in [5.41, 5.74) is 0. The molecule has 0 saturated carbocycles. The summed E-state index contributed by atoms with van der Waals surface area (Å²) in [5, 5.41) is 8.54. The summed E-state index contributed by atoms with van der Waals surface area (Å²) < 4.78 is 10.8. The third-order valence-electron chi connectivity index (χ3n) is 3.13. The minimum Gasteiger partial charge on any atom is -0.394 e. The van der Waals surface area contributed by atoms with E-state index in [0.29, 0.717) is 25.9 Å². The molecule has 116 valence electrons. The molecule has 0 aromatic carbocycles. The maximum atomic E-state index is 8.54. The molecular formula is C15H32O3S. The summed E-state index contributed by atoms with van der Waals surface area (Å²) in [6, 6.07) is 0. The lowest BCUT2D eigenvalue weighted by atomic mass is 10.1. The Balaban J connectivity index is 3.09. The first-order valence-electron chi connectivity index (χ1n) is 7.72. The summed E-state index contributed by atoms with van der Waals surface area (Å²) in [6.07, 6.45) is 10.7. The van der Waals surface area contributed by atoms with Gasteiger partial charge in [-0.25, -0.2) is 0 Å². The fourth-order valence-corrected chi connectivity index (χ4v) is 2.21. The van der Waals surface area contributed by atoms with Crippen LogP contribution in [0, 0.1) is 0 Å². The molecule has 0 aliphatic carbocycles. The minimum atomic E-state index is 0.0869. The second-order valence-electron chi connectivity index (χ2n) is 5.00. The van der Waals surface area contributed by atoms with Gasteiger partial charge in [-0.2, -0.15) is 12.6 Å². The lowest BCUT2D eigenvalue weighted by molar-refractivity contribution is 0.000782. The normalized spacial score (nSPS) is 12.8. The molecule has 0 rings (SSSR count). The van der Waals surface area contributed by atoms with Gasteiger partial charge in [-0.15, -0.1) is 0 Å². The fourth-order valence-electron chi connectivity index (χ4n) is 1.99. The largest absolute Gasteiger partial charge is 0.394 e. The fraction of sp³-hybridized carbons (Fsp3) is 1.00. The topological polar surface area (TPSA) is 38.7 Å². The lowest BCUT2D eigenvalue weighted by Gasteiger charge is -2.12. The van der Waals surface area contributed by atoms with Crippen molar-refractivity contribution in [1.29, 1.82) is 0 Å². The van der Waals surface area contributed by atoms with E-state index in [4.69, 9.17) is 14.6 Å². The number of thiol groups is 1. The van der Waals surface area contributed by atoms with E-state index in [1.54, 1.807) is 0 Å². The van der Waals surface area contributed by atoms with E-state index in [1.165, 1.54) is 44.9 Å². The van der Waals surface area contributed by atoms with Crippen LogP contribution in [-0.4, -0.2) is 43.4 Å². The Kier molecular flexibility index (Phi) is 16.5. The van der Waals surface area contributed by atoms with Gasteiger partial charge in [0.05, 0.1) is 32.5 Å². The molecule has 1 atom stereocenters. The predicted octanol–water partition coefficient (Wildman–Crippen LogP) is 3.45. The Morgan fingerprint density at radius 3 is 2.16 bits per heavy atom. The Labute approximate surface area is 124 Å². The van der Waals surface area contributed by atoms with Crippen molar-refractivity contribution >= 4 is 12.6 Å². The molecule has 1 N–H and O–H groups in total. The lowest BCUT2D eigenvalue weighted by Crippen LogP contribution is -2.13. The Bertz CT molecular complexity index is 167. The summed E-state index contributed by atoms with van der Waals surface area (Å²) >= 11 is 4.21. The average Bonchev–Trinajstić information content (AvgIpc) is 2.41. The van der Waals surface area contributed by atoms with Crippen LogP contribution in [0.25, 0.3) is 0 Å². The van der Waals surface area contributed by atoms with E-state index in [1.807, 2.05) is 0 Å². The molecule has 0 aliphatic heterocycles.